The summed E-state index contributed by atoms with van der Waals surface area (Å²) in [5, 5.41) is 12.7. The fraction of sp³-hybridized carbons (Fsp3) is 0.357. The van der Waals surface area contributed by atoms with Crippen molar-refractivity contribution >= 4 is 23.1 Å². The van der Waals surface area contributed by atoms with Crippen LogP contribution in [0.3, 0.4) is 0 Å². The number of hydrogen-bond acceptors (Lipinski definition) is 4. The molecule has 3 heterocycles. The molecule has 0 aliphatic carbocycles. The van der Waals surface area contributed by atoms with Crippen molar-refractivity contribution < 1.29 is 4.79 Å². The number of aryl methyl sites for hydroxylation is 1. The van der Waals surface area contributed by atoms with E-state index in [1.165, 1.54) is 4.88 Å². The lowest BCUT2D eigenvalue weighted by Gasteiger charge is -2.24. The summed E-state index contributed by atoms with van der Waals surface area (Å²) in [4.78, 5) is 15.6. The molecule has 1 aliphatic heterocycles. The van der Waals surface area contributed by atoms with Crippen LogP contribution in [0.1, 0.15) is 29.5 Å². The van der Waals surface area contributed by atoms with Crippen LogP contribution < -0.4 is 5.32 Å². The Morgan fingerprint density at radius 1 is 1.50 bits per heavy atom. The van der Waals surface area contributed by atoms with Crippen molar-refractivity contribution in [1.82, 2.24) is 15.1 Å². The smallest absolute Gasteiger partial charge is 0.317 e. The molecule has 5 nitrogen and oxygen atoms in total. The molecule has 1 atom stereocenters. The lowest BCUT2D eigenvalue weighted by atomic mass is 10.2. The van der Waals surface area contributed by atoms with Gasteiger partial charge in [0.2, 0.25) is 0 Å². The summed E-state index contributed by atoms with van der Waals surface area (Å²) in [5.74, 6) is 0. The first-order valence-electron chi connectivity index (χ1n) is 6.65. The molecule has 2 amide bonds. The van der Waals surface area contributed by atoms with E-state index in [0.717, 1.165) is 30.8 Å². The van der Waals surface area contributed by atoms with Gasteiger partial charge < -0.3 is 10.2 Å². The number of carbonyl (C=O) groups is 1. The van der Waals surface area contributed by atoms with Crippen molar-refractivity contribution in [2.75, 3.05) is 11.9 Å². The lowest BCUT2D eigenvalue weighted by molar-refractivity contribution is 0.208. The third-order valence-electron chi connectivity index (χ3n) is 3.53. The van der Waals surface area contributed by atoms with E-state index in [9.17, 15) is 4.79 Å². The van der Waals surface area contributed by atoms with Gasteiger partial charge in [-0.05, 0) is 37.3 Å². The molecule has 3 rings (SSSR count). The summed E-state index contributed by atoms with van der Waals surface area (Å²) in [7, 11) is 0. The van der Waals surface area contributed by atoms with E-state index in [1.807, 2.05) is 17.9 Å². The van der Waals surface area contributed by atoms with E-state index < -0.39 is 0 Å². The topological polar surface area (TPSA) is 58.1 Å². The molecule has 0 spiro atoms. The predicted octanol–water partition coefficient (Wildman–Crippen LogP) is 3.22. The van der Waals surface area contributed by atoms with Crippen LogP contribution in [0.25, 0.3) is 0 Å². The molecule has 0 bridgehead atoms. The van der Waals surface area contributed by atoms with Gasteiger partial charge in [0, 0.05) is 11.4 Å². The zero-order chi connectivity index (χ0) is 13.9. The van der Waals surface area contributed by atoms with Crippen molar-refractivity contribution in [3.8, 4) is 0 Å². The average molecular weight is 288 g/mol. The van der Waals surface area contributed by atoms with Gasteiger partial charge in [0.15, 0.2) is 0 Å². The number of hydrogen-bond donors (Lipinski definition) is 1. The number of nitrogens with zero attached hydrogens (tertiary/aromatic N) is 3. The van der Waals surface area contributed by atoms with Crippen LogP contribution in [-0.4, -0.2) is 27.7 Å². The van der Waals surface area contributed by atoms with E-state index in [1.54, 1.807) is 23.6 Å². The fourth-order valence-electron chi connectivity index (χ4n) is 2.51. The number of urea groups is 1. The number of aromatic nitrogens is 2. The molecule has 2 aromatic heterocycles. The molecule has 1 unspecified atom stereocenters. The van der Waals surface area contributed by atoms with Crippen molar-refractivity contribution in [1.29, 1.82) is 0 Å². The standard InChI is InChI=1S/C14H16N4OS/c1-10-11(6-7-15-17-10)16-14(19)18-8-2-4-12(18)13-5-3-9-20-13/h3,5-7,9,12H,2,4,8H2,1H3,(H,15,16,19). The number of rotatable bonds is 2. The average Bonchev–Trinajstić information content (AvgIpc) is 3.11. The summed E-state index contributed by atoms with van der Waals surface area (Å²) in [6, 6.07) is 6.05. The minimum absolute atomic E-state index is 0.0583. The Balaban J connectivity index is 1.75. The molecule has 2 aromatic rings. The number of anilines is 1. The second-order valence-electron chi connectivity index (χ2n) is 4.83. The van der Waals surface area contributed by atoms with Crippen molar-refractivity contribution in [2.24, 2.45) is 0 Å². The maximum Gasteiger partial charge on any atom is 0.322 e. The maximum absolute atomic E-state index is 12.4. The van der Waals surface area contributed by atoms with Gasteiger partial charge in [-0.2, -0.15) is 10.2 Å². The SMILES string of the molecule is Cc1nnccc1NC(=O)N1CCCC1c1cccs1. The summed E-state index contributed by atoms with van der Waals surface area (Å²) in [6.45, 7) is 2.63. The van der Waals surface area contributed by atoms with Crippen LogP contribution >= 0.6 is 11.3 Å². The van der Waals surface area contributed by atoms with Crippen LogP contribution in [0.5, 0.6) is 0 Å². The van der Waals surface area contributed by atoms with Crippen LogP contribution in [0.2, 0.25) is 0 Å². The van der Waals surface area contributed by atoms with Crippen LogP contribution in [0, 0.1) is 6.92 Å². The van der Waals surface area contributed by atoms with Crippen LogP contribution in [0.4, 0.5) is 10.5 Å². The number of carbonyl (C=O) groups excluding carboxylic acids is 1. The molecule has 1 saturated heterocycles. The second-order valence-corrected chi connectivity index (χ2v) is 5.81. The largest absolute Gasteiger partial charge is 0.322 e. The molecule has 1 N–H and O–H groups in total. The number of likely N-dealkylation sites (tertiary alicyclic amines) is 1. The number of nitrogens with one attached hydrogen (secondary N) is 1. The predicted molar refractivity (Wildman–Crippen MR) is 78.8 cm³/mol. The van der Waals surface area contributed by atoms with Gasteiger partial charge in [-0.3, -0.25) is 0 Å². The summed E-state index contributed by atoms with van der Waals surface area (Å²) in [6.07, 6.45) is 3.66. The summed E-state index contributed by atoms with van der Waals surface area (Å²) < 4.78 is 0. The van der Waals surface area contributed by atoms with E-state index in [2.05, 4.69) is 27.0 Å². The monoisotopic (exact) mass is 288 g/mol. The number of amides is 2. The highest BCUT2D eigenvalue weighted by molar-refractivity contribution is 7.10. The molecule has 20 heavy (non-hydrogen) atoms. The Bertz CT molecular complexity index is 599. The van der Waals surface area contributed by atoms with Gasteiger partial charge in [0.1, 0.15) is 0 Å². The molecule has 6 heteroatoms. The molecule has 104 valence electrons. The van der Waals surface area contributed by atoms with Gasteiger partial charge >= 0.3 is 6.03 Å². The molecule has 0 saturated carbocycles. The van der Waals surface area contributed by atoms with Crippen molar-refractivity contribution in [3.63, 3.8) is 0 Å². The van der Waals surface area contributed by atoms with E-state index >= 15 is 0 Å². The van der Waals surface area contributed by atoms with Crippen LogP contribution in [0.15, 0.2) is 29.8 Å². The Morgan fingerprint density at radius 3 is 3.15 bits per heavy atom. The molecule has 0 radical (unpaired) electrons. The van der Waals surface area contributed by atoms with Gasteiger partial charge in [-0.1, -0.05) is 6.07 Å². The first kappa shape index (κ1) is 13.1. The van der Waals surface area contributed by atoms with Gasteiger partial charge in [-0.25, -0.2) is 4.79 Å². The lowest BCUT2D eigenvalue weighted by Crippen LogP contribution is -2.34. The van der Waals surface area contributed by atoms with E-state index in [-0.39, 0.29) is 12.1 Å². The summed E-state index contributed by atoms with van der Waals surface area (Å²) >= 11 is 1.71. The van der Waals surface area contributed by atoms with Crippen LogP contribution in [-0.2, 0) is 0 Å². The van der Waals surface area contributed by atoms with Gasteiger partial charge in [-0.15, -0.1) is 11.3 Å². The minimum Gasteiger partial charge on any atom is -0.317 e. The molecule has 1 aliphatic rings. The van der Waals surface area contributed by atoms with Gasteiger partial charge in [0.25, 0.3) is 0 Å². The Hall–Kier alpha value is -1.95. The maximum atomic E-state index is 12.4. The minimum atomic E-state index is -0.0583. The zero-order valence-corrected chi connectivity index (χ0v) is 12.1. The third kappa shape index (κ3) is 2.51. The molecular weight excluding hydrogens is 272 g/mol. The molecular formula is C14H16N4OS. The highest BCUT2D eigenvalue weighted by atomic mass is 32.1. The quantitative estimate of drug-likeness (QED) is 0.923. The Morgan fingerprint density at radius 2 is 2.40 bits per heavy atom. The van der Waals surface area contributed by atoms with E-state index in [0.29, 0.717) is 0 Å². The zero-order valence-electron chi connectivity index (χ0n) is 11.2. The second kappa shape index (κ2) is 5.58. The van der Waals surface area contributed by atoms with E-state index in [4.69, 9.17) is 0 Å². The first-order valence-corrected chi connectivity index (χ1v) is 7.53. The third-order valence-corrected chi connectivity index (χ3v) is 4.51. The normalized spacial score (nSPS) is 18.2. The number of thiophene rings is 1. The Labute approximate surface area is 121 Å². The first-order chi connectivity index (χ1) is 9.75. The molecule has 1 fully saturated rings. The highest BCUT2D eigenvalue weighted by Crippen LogP contribution is 2.34. The molecule has 0 aromatic carbocycles. The summed E-state index contributed by atoms with van der Waals surface area (Å²) in [5.41, 5.74) is 1.45. The van der Waals surface area contributed by atoms with Crippen molar-refractivity contribution in [3.05, 3.63) is 40.3 Å². The van der Waals surface area contributed by atoms with Gasteiger partial charge in [0.05, 0.1) is 23.6 Å². The highest BCUT2D eigenvalue weighted by Gasteiger charge is 2.30. The Kier molecular flexibility index (Phi) is 3.64. The fourth-order valence-corrected chi connectivity index (χ4v) is 3.38. The van der Waals surface area contributed by atoms with Crippen molar-refractivity contribution in [2.45, 2.75) is 25.8 Å².